The second kappa shape index (κ2) is 8.43. The highest BCUT2D eigenvalue weighted by Gasteiger charge is 2.12. The van der Waals surface area contributed by atoms with Gasteiger partial charge in [0, 0.05) is 31.7 Å². The number of amides is 1. The molecule has 0 spiro atoms. The van der Waals surface area contributed by atoms with Crippen LogP contribution in [0.4, 0.5) is 17.1 Å². The maximum absolute atomic E-state index is 12.3. The van der Waals surface area contributed by atoms with E-state index in [1.54, 1.807) is 18.2 Å². The van der Waals surface area contributed by atoms with Gasteiger partial charge in [0.1, 0.15) is 11.6 Å². The fraction of sp³-hybridized carbons (Fsp3) is 0.111. The molecule has 7 heteroatoms. The van der Waals surface area contributed by atoms with Crippen molar-refractivity contribution in [2.75, 3.05) is 29.6 Å². The maximum Gasteiger partial charge on any atom is 0.267 e. The van der Waals surface area contributed by atoms with Gasteiger partial charge in [0.25, 0.3) is 5.91 Å². The van der Waals surface area contributed by atoms with Crippen LogP contribution in [0.25, 0.3) is 0 Å². The Morgan fingerprint density at radius 1 is 1.20 bits per heavy atom. The van der Waals surface area contributed by atoms with Crippen LogP contribution in [0.1, 0.15) is 0 Å². The van der Waals surface area contributed by atoms with Crippen molar-refractivity contribution in [2.45, 2.75) is 0 Å². The maximum atomic E-state index is 12.3. The zero-order chi connectivity index (χ0) is 18.4. The van der Waals surface area contributed by atoms with E-state index in [1.807, 2.05) is 49.3 Å². The Bertz CT molecular complexity index is 856. The Morgan fingerprint density at radius 3 is 2.60 bits per heavy atom. The minimum atomic E-state index is -0.581. The van der Waals surface area contributed by atoms with Crippen molar-refractivity contribution >= 4 is 46.2 Å². The first-order chi connectivity index (χ1) is 11.9. The predicted octanol–water partition coefficient (Wildman–Crippen LogP) is 4.52. The van der Waals surface area contributed by atoms with Gasteiger partial charge in [-0.3, -0.25) is 4.79 Å². The molecule has 1 amide bonds. The summed E-state index contributed by atoms with van der Waals surface area (Å²) in [7, 11) is 3.86. The van der Waals surface area contributed by atoms with Crippen molar-refractivity contribution in [3.05, 3.63) is 64.3 Å². The quantitative estimate of drug-likeness (QED) is 0.596. The van der Waals surface area contributed by atoms with Crippen LogP contribution in [0.3, 0.4) is 0 Å². The molecule has 25 heavy (non-hydrogen) atoms. The summed E-state index contributed by atoms with van der Waals surface area (Å²) in [6, 6.07) is 14.3. The molecule has 2 N–H and O–H groups in total. The highest BCUT2D eigenvalue weighted by atomic mass is 35.5. The number of carbonyl (C=O) groups is 1. The van der Waals surface area contributed by atoms with Crippen molar-refractivity contribution in [3.63, 3.8) is 0 Å². The van der Waals surface area contributed by atoms with Gasteiger partial charge in [-0.2, -0.15) is 5.26 Å². The fourth-order valence-electron chi connectivity index (χ4n) is 1.97. The zero-order valence-electron chi connectivity index (χ0n) is 13.7. The van der Waals surface area contributed by atoms with E-state index in [0.29, 0.717) is 10.7 Å². The van der Waals surface area contributed by atoms with Gasteiger partial charge in [-0.15, -0.1) is 0 Å². The number of nitrogens with one attached hydrogen (secondary N) is 2. The molecule has 0 saturated carbocycles. The number of halogens is 2. The van der Waals surface area contributed by atoms with Crippen molar-refractivity contribution in [3.8, 4) is 6.07 Å². The average Bonchev–Trinajstić information content (AvgIpc) is 2.59. The fourth-order valence-corrected chi connectivity index (χ4v) is 2.32. The van der Waals surface area contributed by atoms with Crippen LogP contribution in [0.15, 0.2) is 54.2 Å². The summed E-state index contributed by atoms with van der Waals surface area (Å²) in [6.45, 7) is 0. The second-order valence-electron chi connectivity index (χ2n) is 5.31. The molecule has 0 heterocycles. The van der Waals surface area contributed by atoms with Crippen LogP contribution in [-0.4, -0.2) is 20.0 Å². The molecule has 0 aliphatic carbocycles. The highest BCUT2D eigenvalue weighted by Crippen LogP contribution is 2.29. The summed E-state index contributed by atoms with van der Waals surface area (Å²) in [5, 5.41) is 15.3. The van der Waals surface area contributed by atoms with Gasteiger partial charge in [0.15, 0.2) is 0 Å². The Kier molecular flexibility index (Phi) is 6.29. The van der Waals surface area contributed by atoms with Crippen LogP contribution in [-0.2, 0) is 4.79 Å². The summed E-state index contributed by atoms with van der Waals surface area (Å²) in [5.41, 5.74) is 2.00. The lowest BCUT2D eigenvalue weighted by molar-refractivity contribution is -0.112. The monoisotopic (exact) mass is 374 g/mol. The molecule has 2 aromatic rings. The van der Waals surface area contributed by atoms with E-state index in [2.05, 4.69) is 10.6 Å². The van der Waals surface area contributed by atoms with Crippen molar-refractivity contribution < 1.29 is 4.79 Å². The van der Waals surface area contributed by atoms with Crippen LogP contribution in [0.5, 0.6) is 0 Å². The number of rotatable bonds is 5. The largest absolute Gasteiger partial charge is 0.378 e. The SMILES string of the molecule is CN(C)c1cccc(N/C=C(/C#N)C(=O)Nc2cccc(Cl)c2Cl)c1. The van der Waals surface area contributed by atoms with E-state index < -0.39 is 5.91 Å². The molecule has 0 unspecified atom stereocenters. The summed E-state index contributed by atoms with van der Waals surface area (Å²) in [6.07, 6.45) is 1.35. The normalized spacial score (nSPS) is 10.8. The van der Waals surface area contributed by atoms with Crippen LogP contribution in [0.2, 0.25) is 10.0 Å². The first kappa shape index (κ1) is 18.7. The van der Waals surface area contributed by atoms with Crippen LogP contribution in [0, 0.1) is 11.3 Å². The third-order valence-corrected chi connectivity index (χ3v) is 4.13. The van der Waals surface area contributed by atoms with Crippen LogP contribution >= 0.6 is 23.2 Å². The van der Waals surface area contributed by atoms with Crippen molar-refractivity contribution in [1.82, 2.24) is 0 Å². The molecule has 0 radical (unpaired) electrons. The van der Waals surface area contributed by atoms with Gasteiger partial charge in [-0.1, -0.05) is 35.3 Å². The molecule has 128 valence electrons. The first-order valence-corrected chi connectivity index (χ1v) is 8.07. The van der Waals surface area contributed by atoms with E-state index >= 15 is 0 Å². The predicted molar refractivity (Wildman–Crippen MR) is 103 cm³/mol. The number of carbonyl (C=O) groups excluding carboxylic acids is 1. The zero-order valence-corrected chi connectivity index (χ0v) is 15.2. The summed E-state index contributed by atoms with van der Waals surface area (Å²) >= 11 is 11.9. The smallest absolute Gasteiger partial charge is 0.267 e. The molecule has 0 aliphatic rings. The third-order valence-electron chi connectivity index (χ3n) is 3.31. The Morgan fingerprint density at radius 2 is 1.92 bits per heavy atom. The highest BCUT2D eigenvalue weighted by molar-refractivity contribution is 6.44. The summed E-state index contributed by atoms with van der Waals surface area (Å²) in [5.74, 6) is -0.581. The number of anilines is 3. The topological polar surface area (TPSA) is 68.2 Å². The second-order valence-corrected chi connectivity index (χ2v) is 6.10. The molecule has 5 nitrogen and oxygen atoms in total. The molecule has 0 bridgehead atoms. The Labute approximate surface area is 156 Å². The molecular formula is C18H16Cl2N4O. The Hall–Kier alpha value is -2.68. The minimum Gasteiger partial charge on any atom is -0.378 e. The van der Waals surface area contributed by atoms with Gasteiger partial charge >= 0.3 is 0 Å². The molecule has 0 aromatic heterocycles. The van der Waals surface area contributed by atoms with Gasteiger partial charge in [-0.25, -0.2) is 0 Å². The standard InChI is InChI=1S/C18H16Cl2N4O/c1-24(2)14-6-3-5-13(9-14)22-11-12(10-21)18(25)23-16-8-4-7-15(19)17(16)20/h3-9,11,22H,1-2H3,(H,23,25)/b12-11-. The van der Waals surface area contributed by atoms with Crippen molar-refractivity contribution in [1.29, 1.82) is 5.26 Å². The molecule has 0 saturated heterocycles. The number of benzene rings is 2. The lowest BCUT2D eigenvalue weighted by Crippen LogP contribution is -2.15. The molecule has 0 fully saturated rings. The average molecular weight is 375 g/mol. The third kappa shape index (κ3) is 4.90. The van der Waals surface area contributed by atoms with E-state index in [9.17, 15) is 10.1 Å². The lowest BCUT2D eigenvalue weighted by atomic mass is 10.2. The summed E-state index contributed by atoms with van der Waals surface area (Å²) in [4.78, 5) is 14.2. The number of hydrogen-bond donors (Lipinski definition) is 2. The molecule has 0 aliphatic heterocycles. The van der Waals surface area contributed by atoms with Gasteiger partial charge in [-0.05, 0) is 30.3 Å². The number of hydrogen-bond acceptors (Lipinski definition) is 4. The minimum absolute atomic E-state index is 0.0914. The first-order valence-electron chi connectivity index (χ1n) is 7.32. The van der Waals surface area contributed by atoms with Gasteiger partial charge in [0.2, 0.25) is 0 Å². The molecule has 0 atom stereocenters. The number of nitrogens with zero attached hydrogens (tertiary/aromatic N) is 2. The van der Waals surface area contributed by atoms with E-state index in [-0.39, 0.29) is 10.6 Å². The molecule has 2 aromatic carbocycles. The van der Waals surface area contributed by atoms with E-state index in [0.717, 1.165) is 11.4 Å². The summed E-state index contributed by atoms with van der Waals surface area (Å²) < 4.78 is 0. The molecule has 2 rings (SSSR count). The number of nitriles is 1. The lowest BCUT2D eigenvalue weighted by Gasteiger charge is -2.13. The molecular weight excluding hydrogens is 359 g/mol. The van der Waals surface area contributed by atoms with E-state index in [1.165, 1.54) is 6.20 Å². The van der Waals surface area contributed by atoms with Gasteiger partial charge in [0.05, 0.1) is 15.7 Å². The Balaban J connectivity index is 2.14. The van der Waals surface area contributed by atoms with Crippen molar-refractivity contribution in [2.24, 2.45) is 0 Å². The van der Waals surface area contributed by atoms with E-state index in [4.69, 9.17) is 23.2 Å². The van der Waals surface area contributed by atoms with Gasteiger partial charge < -0.3 is 15.5 Å². The van der Waals surface area contributed by atoms with Crippen LogP contribution < -0.4 is 15.5 Å².